The summed E-state index contributed by atoms with van der Waals surface area (Å²) in [5.41, 5.74) is 0.989. The molecule has 9 aliphatic rings. The molecule has 74 heavy (non-hydrogen) atoms. The fourth-order valence-electron chi connectivity index (χ4n) is 15.0. The van der Waals surface area contributed by atoms with Gasteiger partial charge in [0.2, 0.25) is 0 Å². The minimum Gasteiger partial charge on any atom is -0.394 e. The highest BCUT2D eigenvalue weighted by Gasteiger charge is 2.68. The van der Waals surface area contributed by atoms with Gasteiger partial charge < -0.3 is 114 Å². The molecule has 14 N–H and O–H groups in total. The Bertz CT molecular complexity index is 1920. The van der Waals surface area contributed by atoms with Crippen LogP contribution in [-0.4, -0.2) is 239 Å². The molecule has 0 bridgehead atoms. The maximum atomic E-state index is 12.1. The number of rotatable bonds is 15. The molecular weight excluding hydrogens is 981 g/mol. The Morgan fingerprint density at radius 2 is 1.20 bits per heavy atom. The average Bonchev–Trinajstić information content (AvgIpc) is 3.82. The molecule has 31 atom stereocenters. The van der Waals surface area contributed by atoms with Crippen molar-refractivity contribution in [3.8, 4) is 0 Å². The van der Waals surface area contributed by atoms with E-state index in [1.165, 1.54) is 12.5 Å². The van der Waals surface area contributed by atoms with Gasteiger partial charge in [0.25, 0.3) is 0 Å². The first kappa shape index (κ1) is 57.5. The Balaban J connectivity index is 0.864. The molecule has 0 aromatic heterocycles. The fourth-order valence-corrected chi connectivity index (χ4v) is 15.0. The van der Waals surface area contributed by atoms with Crippen molar-refractivity contribution < 1.29 is 114 Å². The van der Waals surface area contributed by atoms with Gasteiger partial charge in [0, 0.05) is 12.3 Å². The van der Waals surface area contributed by atoms with E-state index in [0.717, 1.165) is 32.1 Å². The van der Waals surface area contributed by atoms with Gasteiger partial charge in [-0.25, -0.2) is 0 Å². The van der Waals surface area contributed by atoms with E-state index in [-0.39, 0.29) is 41.3 Å². The molecule has 0 radical (unpaired) electrons. The van der Waals surface area contributed by atoms with E-state index in [9.17, 15) is 71.5 Å². The Hall–Kier alpha value is -1.18. The predicted molar refractivity (Wildman–Crippen MR) is 250 cm³/mol. The highest BCUT2D eigenvalue weighted by molar-refractivity contribution is 5.26. The molecule has 0 aromatic rings. The van der Waals surface area contributed by atoms with Crippen LogP contribution in [0.5, 0.6) is 0 Å². The zero-order valence-corrected chi connectivity index (χ0v) is 42.9. The summed E-state index contributed by atoms with van der Waals surface area (Å²) in [5.74, 6) is -0.351. The minimum absolute atomic E-state index is 0.0769. The Morgan fingerprint density at radius 3 is 1.85 bits per heavy atom. The quantitative estimate of drug-likeness (QED) is 0.0727. The van der Waals surface area contributed by atoms with Crippen LogP contribution in [-0.2, 0) is 42.6 Å². The molecule has 4 aliphatic carbocycles. The van der Waals surface area contributed by atoms with E-state index < -0.39 is 155 Å². The van der Waals surface area contributed by atoms with Crippen LogP contribution < -0.4 is 0 Å². The molecule has 0 amide bonds. The van der Waals surface area contributed by atoms with Crippen molar-refractivity contribution in [2.45, 2.75) is 233 Å². The predicted octanol–water partition coefficient (Wildman–Crippen LogP) is -3.01. The monoisotopic (exact) mass is 1060 g/mol. The van der Waals surface area contributed by atoms with Gasteiger partial charge >= 0.3 is 0 Å². The average molecular weight is 1070 g/mol. The molecule has 5 heterocycles. The van der Waals surface area contributed by atoms with Crippen LogP contribution >= 0.6 is 0 Å². The summed E-state index contributed by atoms with van der Waals surface area (Å²) in [7, 11) is 0. The molecule has 0 aromatic carbocycles. The van der Waals surface area contributed by atoms with Crippen molar-refractivity contribution in [3.05, 3.63) is 11.6 Å². The maximum Gasteiger partial charge on any atom is 0.187 e. The highest BCUT2D eigenvalue weighted by Crippen LogP contribution is 2.70. The zero-order valence-electron chi connectivity index (χ0n) is 42.9. The topological polar surface area (TPSA) is 366 Å². The van der Waals surface area contributed by atoms with Crippen molar-refractivity contribution in [1.82, 2.24) is 0 Å². The summed E-state index contributed by atoms with van der Waals surface area (Å²) in [6, 6.07) is 0. The summed E-state index contributed by atoms with van der Waals surface area (Å²) >= 11 is 0. The van der Waals surface area contributed by atoms with Crippen molar-refractivity contribution in [2.75, 3.05) is 26.4 Å². The first-order valence-electron chi connectivity index (χ1n) is 26.9. The number of hydrogen-bond donors (Lipinski definition) is 14. The SMILES string of the molecule is C[C@H](CC[C@]1(O)O[C@H]2C[C@@H]3[C@@H]4CC=C5C[C@H](O[C@@H]6O[C@H](CO)[C@@H](O)[C@H](O[C@H]7O[C@@H](CO)[C@H](O)[C@@H](O)[C@@H]7O)[C@H]6O[C@@H]6O[C@@H](C)[C@H](O)[C@@H](O)[C@H]6O)CC[C@]5(C)[C@H]4CC[C@]3(C)[C@H]2[C@@H]1C)CO[C@@H]1O[C@H](CO)[C@@H](O)[C@H](O)[C@H]1O. The lowest BCUT2D eigenvalue weighted by Crippen LogP contribution is -2.67. The number of allylic oxidation sites excluding steroid dienone is 1. The third-order valence-electron chi connectivity index (χ3n) is 19.5. The number of hydrogen-bond acceptors (Lipinski definition) is 23. The van der Waals surface area contributed by atoms with E-state index in [2.05, 4.69) is 26.8 Å². The van der Waals surface area contributed by atoms with Crippen LogP contribution in [0.3, 0.4) is 0 Å². The molecule has 426 valence electrons. The summed E-state index contributed by atoms with van der Waals surface area (Å²) in [6.45, 7) is 8.33. The number of aliphatic hydroxyl groups is 14. The second kappa shape index (κ2) is 22.4. The van der Waals surface area contributed by atoms with Crippen molar-refractivity contribution in [3.63, 3.8) is 0 Å². The van der Waals surface area contributed by atoms with Crippen LogP contribution in [0.1, 0.15) is 92.4 Å². The second-order valence-electron chi connectivity index (χ2n) is 23.8. The summed E-state index contributed by atoms with van der Waals surface area (Å²) < 4.78 is 54.7. The number of fused-ring (bicyclic) bond motifs is 7. The van der Waals surface area contributed by atoms with E-state index >= 15 is 0 Å². The highest BCUT2D eigenvalue weighted by atomic mass is 16.8. The summed E-state index contributed by atoms with van der Waals surface area (Å²) in [6.07, 6.45) is -22.5. The van der Waals surface area contributed by atoms with E-state index in [1.54, 1.807) is 0 Å². The number of aliphatic hydroxyl groups excluding tert-OH is 13. The molecule has 23 heteroatoms. The van der Waals surface area contributed by atoms with Crippen molar-refractivity contribution >= 4 is 0 Å². The third-order valence-corrected chi connectivity index (χ3v) is 19.5. The van der Waals surface area contributed by atoms with Gasteiger partial charge in [-0.2, -0.15) is 0 Å². The van der Waals surface area contributed by atoms with E-state index in [1.807, 2.05) is 6.92 Å². The van der Waals surface area contributed by atoms with Gasteiger partial charge in [-0.15, -0.1) is 0 Å². The molecule has 9 rings (SSSR count). The molecule has 0 spiro atoms. The van der Waals surface area contributed by atoms with Crippen LogP contribution in [0.15, 0.2) is 11.6 Å². The van der Waals surface area contributed by atoms with Gasteiger partial charge in [-0.3, -0.25) is 0 Å². The van der Waals surface area contributed by atoms with Gasteiger partial charge in [0.1, 0.15) is 91.6 Å². The largest absolute Gasteiger partial charge is 0.394 e. The second-order valence-corrected chi connectivity index (χ2v) is 23.8. The maximum absolute atomic E-state index is 12.1. The Kier molecular flexibility index (Phi) is 17.4. The van der Waals surface area contributed by atoms with Crippen LogP contribution in [0.2, 0.25) is 0 Å². The fraction of sp³-hybridized carbons (Fsp3) is 0.961. The zero-order chi connectivity index (χ0) is 53.5. The van der Waals surface area contributed by atoms with Crippen LogP contribution in [0, 0.1) is 46.3 Å². The first-order valence-corrected chi connectivity index (χ1v) is 26.9. The Morgan fingerprint density at radius 1 is 0.635 bits per heavy atom. The normalized spacial score (nSPS) is 54.9. The van der Waals surface area contributed by atoms with Crippen molar-refractivity contribution in [2.24, 2.45) is 46.3 Å². The lowest BCUT2D eigenvalue weighted by Gasteiger charge is -2.58. The van der Waals surface area contributed by atoms with Crippen molar-refractivity contribution in [1.29, 1.82) is 0 Å². The van der Waals surface area contributed by atoms with Gasteiger partial charge in [0.15, 0.2) is 30.9 Å². The molecule has 5 aliphatic heterocycles. The van der Waals surface area contributed by atoms with Crippen LogP contribution in [0.4, 0.5) is 0 Å². The third kappa shape index (κ3) is 10.2. The Labute approximate surface area is 430 Å². The smallest absolute Gasteiger partial charge is 0.187 e. The first-order chi connectivity index (χ1) is 35.0. The molecule has 23 nitrogen and oxygen atoms in total. The minimum atomic E-state index is -1.88. The molecule has 8 fully saturated rings. The van der Waals surface area contributed by atoms with Crippen LogP contribution in [0.25, 0.3) is 0 Å². The van der Waals surface area contributed by atoms with E-state index in [0.29, 0.717) is 43.4 Å². The van der Waals surface area contributed by atoms with Gasteiger partial charge in [-0.05, 0) is 98.7 Å². The molecule has 3 saturated carbocycles. The van der Waals surface area contributed by atoms with E-state index in [4.69, 9.17) is 42.6 Å². The molecular formula is C51H84O23. The van der Waals surface area contributed by atoms with Gasteiger partial charge in [0.05, 0.1) is 44.7 Å². The standard InChI is InChI=1S/C51H84O23/c1-20(19-66-45-40(62)38(60)34(56)29(16-52)69-45)8-13-51(65)21(2)32-28(74-51)15-27-25-7-6-23-14-24(9-11-49(23,4)26(25)10-12-50(27,32)5)68-48-44(73-46-41(63)37(59)33(55)22(3)67-46)43(36(58)31(18-54)71-48)72-47-42(64)39(61)35(57)30(17-53)70-47/h6,20-22,24-48,52-65H,7-19H2,1-5H3/t20-,21+,22+,24-,25-,26+,27-,28+,29-,30+,31-,32+,33+,34-,35+,36-,37-,38+,39-,40-,41-,42+,43+,44-,45-,46+,47-,48-,49+,50+,51+/m1/s1. The van der Waals surface area contributed by atoms with Gasteiger partial charge in [-0.1, -0.05) is 39.3 Å². The summed E-state index contributed by atoms with van der Waals surface area (Å²) in [4.78, 5) is 0. The summed E-state index contributed by atoms with van der Waals surface area (Å²) in [5, 5.41) is 149. The molecule has 5 saturated heterocycles. The molecule has 0 unspecified atom stereocenters. The lowest BCUT2D eigenvalue weighted by molar-refractivity contribution is -0.394. The lowest BCUT2D eigenvalue weighted by atomic mass is 9.47. The number of ether oxygens (including phenoxy) is 9.